The second-order valence-electron chi connectivity index (χ2n) is 3.68. The number of rotatable bonds is 3. The maximum absolute atomic E-state index is 11.8. The Labute approximate surface area is 129 Å². The summed E-state index contributed by atoms with van der Waals surface area (Å²) in [6, 6.07) is 6.32. The van der Waals surface area contributed by atoms with E-state index in [1.807, 2.05) is 0 Å². The lowest BCUT2D eigenvalue weighted by atomic mass is 10.3. The molecule has 0 saturated carbocycles. The zero-order valence-corrected chi connectivity index (χ0v) is 12.6. The van der Waals surface area contributed by atoms with Gasteiger partial charge in [0.2, 0.25) is 0 Å². The van der Waals surface area contributed by atoms with E-state index in [2.05, 4.69) is 15.4 Å². The van der Waals surface area contributed by atoms with Crippen LogP contribution in [0.2, 0.25) is 0 Å². The van der Waals surface area contributed by atoms with Gasteiger partial charge >= 0.3 is 5.97 Å². The van der Waals surface area contributed by atoms with Crippen LogP contribution in [0.4, 0.5) is 10.8 Å². The third kappa shape index (κ3) is 5.47. The van der Waals surface area contributed by atoms with Crippen molar-refractivity contribution < 1.29 is 34.0 Å². The lowest BCUT2D eigenvalue weighted by Gasteiger charge is -2.04. The minimum Gasteiger partial charge on any atom is -0.539 e. The standard InChI is InChI=1S/C9H9N3O2S2.C2H2O4/c10-7-1-3-8(4-2-7)16(13,14)12-9-11-5-6-15-9;3-1(4)2(5)6/h1-6H,10H2,(H,11,12);(H,3,4)(H,5,6). The van der Waals surface area contributed by atoms with Gasteiger partial charge in [0.05, 0.1) is 4.90 Å². The summed E-state index contributed by atoms with van der Waals surface area (Å²) in [6.07, 6.45) is 1.54. The molecular weight excluding hydrogens is 334 g/mol. The van der Waals surface area contributed by atoms with Gasteiger partial charge in [0.25, 0.3) is 10.0 Å². The SMILES string of the molecule is O=C([O-])C(=O)O.[NH3+]c1ccc(S(=O)(=O)Nc2nccs2)cc1. The number of quaternary nitrogens is 1. The summed E-state index contributed by atoms with van der Waals surface area (Å²) in [5.41, 5.74) is 4.47. The maximum Gasteiger partial charge on any atom is 0.351 e. The summed E-state index contributed by atoms with van der Waals surface area (Å²) in [4.78, 5) is 22.1. The number of aliphatic carboxylic acids is 2. The van der Waals surface area contributed by atoms with Crippen LogP contribution in [0.25, 0.3) is 0 Å². The molecule has 0 aliphatic rings. The van der Waals surface area contributed by atoms with Gasteiger partial charge in [0, 0.05) is 23.7 Å². The number of thiazole rings is 1. The van der Waals surface area contributed by atoms with E-state index < -0.39 is 22.0 Å². The normalized spacial score (nSPS) is 10.2. The number of sulfonamides is 1. The van der Waals surface area contributed by atoms with Crippen molar-refractivity contribution in [3.8, 4) is 0 Å². The van der Waals surface area contributed by atoms with Crippen LogP contribution in [0.1, 0.15) is 0 Å². The van der Waals surface area contributed by atoms with Crippen molar-refractivity contribution in [2.45, 2.75) is 4.90 Å². The number of carboxylic acid groups (broad SMARTS) is 2. The van der Waals surface area contributed by atoms with Gasteiger partial charge in [-0.15, -0.1) is 11.3 Å². The Kier molecular flexibility index (Phi) is 5.98. The summed E-state index contributed by atoms with van der Waals surface area (Å²) in [5, 5.41) is 18.4. The summed E-state index contributed by atoms with van der Waals surface area (Å²) in [7, 11) is -3.53. The molecule has 1 aromatic heterocycles. The van der Waals surface area contributed by atoms with Crippen molar-refractivity contribution in [3.63, 3.8) is 0 Å². The Balaban J connectivity index is 0.000000346. The second kappa shape index (κ2) is 7.49. The summed E-state index contributed by atoms with van der Waals surface area (Å²) >= 11 is 1.23. The largest absolute Gasteiger partial charge is 0.539 e. The topological polar surface area (TPSA) is 164 Å². The van der Waals surface area contributed by atoms with Crippen molar-refractivity contribution >= 4 is 44.1 Å². The number of benzene rings is 1. The fourth-order valence-corrected chi connectivity index (χ4v) is 2.91. The third-order valence-electron chi connectivity index (χ3n) is 2.06. The number of carbonyl (C=O) groups excluding carboxylic acids is 1. The molecule has 0 saturated heterocycles. The lowest BCUT2D eigenvalue weighted by Crippen LogP contribution is -2.39. The molecule has 11 heteroatoms. The monoisotopic (exact) mass is 345 g/mol. The third-order valence-corrected chi connectivity index (χ3v) is 4.23. The second-order valence-corrected chi connectivity index (χ2v) is 6.26. The molecule has 22 heavy (non-hydrogen) atoms. The van der Waals surface area contributed by atoms with E-state index in [0.717, 1.165) is 5.69 Å². The molecule has 9 nitrogen and oxygen atoms in total. The zero-order chi connectivity index (χ0) is 16.8. The van der Waals surface area contributed by atoms with Crippen molar-refractivity contribution in [1.82, 2.24) is 4.98 Å². The van der Waals surface area contributed by atoms with Crippen LogP contribution in [0.15, 0.2) is 40.7 Å². The molecule has 0 unspecified atom stereocenters. The van der Waals surface area contributed by atoms with E-state index in [1.54, 1.807) is 23.7 Å². The molecule has 118 valence electrons. The molecule has 1 heterocycles. The average molecular weight is 345 g/mol. The van der Waals surface area contributed by atoms with Gasteiger partial charge in [-0.05, 0) is 12.1 Å². The van der Waals surface area contributed by atoms with Gasteiger partial charge in [-0.3, -0.25) is 4.72 Å². The highest BCUT2D eigenvalue weighted by molar-refractivity contribution is 7.93. The highest BCUT2D eigenvalue weighted by atomic mass is 32.2. The Morgan fingerprint density at radius 3 is 2.23 bits per heavy atom. The highest BCUT2D eigenvalue weighted by Crippen LogP contribution is 2.18. The van der Waals surface area contributed by atoms with Gasteiger partial charge in [-0.25, -0.2) is 18.2 Å². The first-order valence-electron chi connectivity index (χ1n) is 5.51. The van der Waals surface area contributed by atoms with E-state index in [1.165, 1.54) is 23.5 Å². The summed E-state index contributed by atoms with van der Waals surface area (Å²) < 4.78 is 26.1. The van der Waals surface area contributed by atoms with Gasteiger partial charge in [-0.1, -0.05) is 0 Å². The number of nitrogens with one attached hydrogen (secondary N) is 1. The van der Waals surface area contributed by atoms with Crippen molar-refractivity contribution in [1.29, 1.82) is 0 Å². The Hall–Kier alpha value is -2.50. The minimum atomic E-state index is -3.53. The molecule has 0 amide bonds. The van der Waals surface area contributed by atoms with Crippen LogP contribution in [0.3, 0.4) is 0 Å². The van der Waals surface area contributed by atoms with Crippen LogP contribution >= 0.6 is 11.3 Å². The average Bonchev–Trinajstić information content (AvgIpc) is 2.92. The van der Waals surface area contributed by atoms with E-state index in [0.29, 0.717) is 5.13 Å². The summed E-state index contributed by atoms with van der Waals surface area (Å²) in [6.45, 7) is 0. The fraction of sp³-hybridized carbons (Fsp3) is 0. The van der Waals surface area contributed by atoms with Crippen LogP contribution in [-0.4, -0.2) is 30.4 Å². The molecule has 5 N–H and O–H groups in total. The number of hydrogen-bond acceptors (Lipinski definition) is 7. The molecule has 1 aromatic carbocycles. The van der Waals surface area contributed by atoms with Crippen molar-refractivity contribution in [2.24, 2.45) is 0 Å². The maximum atomic E-state index is 11.8. The first-order valence-corrected chi connectivity index (χ1v) is 7.87. The van der Waals surface area contributed by atoms with E-state index in [4.69, 9.17) is 19.8 Å². The van der Waals surface area contributed by atoms with E-state index >= 15 is 0 Å². The van der Waals surface area contributed by atoms with Crippen LogP contribution in [0.5, 0.6) is 0 Å². The fourth-order valence-electron chi connectivity index (χ4n) is 1.12. The summed E-state index contributed by atoms with van der Waals surface area (Å²) in [5.74, 6) is -4.01. The van der Waals surface area contributed by atoms with Crippen LogP contribution in [0, 0.1) is 0 Å². The van der Waals surface area contributed by atoms with Crippen molar-refractivity contribution in [3.05, 3.63) is 35.8 Å². The Bertz CT molecular complexity index is 729. The molecule has 0 spiro atoms. The van der Waals surface area contributed by atoms with E-state index in [9.17, 15) is 8.42 Å². The quantitative estimate of drug-likeness (QED) is 0.578. The number of carbonyl (C=O) groups is 2. The molecular formula is C11H11N3O6S2. The molecule has 0 radical (unpaired) electrons. The van der Waals surface area contributed by atoms with Gasteiger partial charge in [0.15, 0.2) is 11.1 Å². The lowest BCUT2D eigenvalue weighted by molar-refractivity contribution is -0.303. The van der Waals surface area contributed by atoms with Crippen LogP contribution < -0.4 is 15.6 Å². The van der Waals surface area contributed by atoms with Gasteiger partial charge in [0.1, 0.15) is 5.69 Å². The smallest absolute Gasteiger partial charge is 0.351 e. The van der Waals surface area contributed by atoms with Gasteiger partial charge in [-0.2, -0.15) is 0 Å². The highest BCUT2D eigenvalue weighted by Gasteiger charge is 2.15. The Morgan fingerprint density at radius 2 is 1.82 bits per heavy atom. The zero-order valence-electron chi connectivity index (χ0n) is 10.9. The number of carboxylic acids is 2. The first kappa shape index (κ1) is 17.6. The number of nitrogens with zero attached hydrogens (tertiary/aromatic N) is 1. The van der Waals surface area contributed by atoms with Gasteiger partial charge < -0.3 is 20.7 Å². The predicted octanol–water partition coefficient (Wildman–Crippen LogP) is -1.36. The number of aromatic nitrogens is 1. The molecule has 0 bridgehead atoms. The molecule has 0 aliphatic carbocycles. The first-order chi connectivity index (χ1) is 10.2. The number of hydrogen-bond donors (Lipinski definition) is 3. The molecule has 2 rings (SSSR count). The molecule has 0 fully saturated rings. The molecule has 0 atom stereocenters. The van der Waals surface area contributed by atoms with Crippen molar-refractivity contribution in [2.75, 3.05) is 4.72 Å². The van der Waals surface area contributed by atoms with E-state index in [-0.39, 0.29) is 4.90 Å². The minimum absolute atomic E-state index is 0.204. The number of anilines is 1. The van der Waals surface area contributed by atoms with Crippen LogP contribution in [-0.2, 0) is 19.6 Å². The molecule has 0 aliphatic heterocycles. The predicted molar refractivity (Wildman–Crippen MR) is 74.6 cm³/mol. The Morgan fingerprint density at radius 1 is 1.27 bits per heavy atom. The molecule has 2 aromatic rings.